The molecule has 0 aromatic rings. The SMILES string of the molecule is O=C(N/C=C/C1CC1)N1CCOCC1. The molecule has 1 saturated heterocycles. The number of hydrogen-bond donors (Lipinski definition) is 1. The zero-order valence-corrected chi connectivity index (χ0v) is 8.24. The maximum absolute atomic E-state index is 11.5. The maximum Gasteiger partial charge on any atom is 0.321 e. The van der Waals surface area contributed by atoms with E-state index in [1.807, 2.05) is 0 Å². The Kier molecular flexibility index (Phi) is 3.03. The predicted octanol–water partition coefficient (Wildman–Crippen LogP) is 0.952. The number of morpholine rings is 1. The van der Waals surface area contributed by atoms with Gasteiger partial charge in [0.2, 0.25) is 0 Å². The van der Waals surface area contributed by atoms with Gasteiger partial charge in [-0.15, -0.1) is 0 Å². The summed E-state index contributed by atoms with van der Waals surface area (Å²) in [6.07, 6.45) is 6.38. The Morgan fingerprint density at radius 1 is 1.36 bits per heavy atom. The van der Waals surface area contributed by atoms with Gasteiger partial charge in [0.25, 0.3) is 0 Å². The van der Waals surface area contributed by atoms with Crippen molar-refractivity contribution in [3.63, 3.8) is 0 Å². The highest BCUT2D eigenvalue weighted by atomic mass is 16.5. The van der Waals surface area contributed by atoms with Gasteiger partial charge in [0.15, 0.2) is 0 Å². The molecule has 0 atom stereocenters. The van der Waals surface area contributed by atoms with Crippen molar-refractivity contribution in [2.45, 2.75) is 12.8 Å². The van der Waals surface area contributed by atoms with E-state index in [9.17, 15) is 4.79 Å². The lowest BCUT2D eigenvalue weighted by atomic mass is 10.4. The molecule has 1 saturated carbocycles. The number of urea groups is 1. The molecule has 4 heteroatoms. The molecule has 0 spiro atoms. The molecule has 0 bridgehead atoms. The zero-order valence-electron chi connectivity index (χ0n) is 8.24. The van der Waals surface area contributed by atoms with E-state index in [1.165, 1.54) is 12.8 Å². The van der Waals surface area contributed by atoms with Gasteiger partial charge in [-0.1, -0.05) is 6.08 Å². The second kappa shape index (κ2) is 4.46. The Labute approximate surface area is 83.9 Å². The number of rotatable bonds is 2. The molecule has 1 heterocycles. The Balaban J connectivity index is 1.70. The van der Waals surface area contributed by atoms with E-state index in [0.717, 1.165) is 0 Å². The van der Waals surface area contributed by atoms with E-state index in [-0.39, 0.29) is 6.03 Å². The minimum atomic E-state index is -0.00907. The van der Waals surface area contributed by atoms with Crippen molar-refractivity contribution in [3.8, 4) is 0 Å². The number of allylic oxidation sites excluding steroid dienone is 1. The first kappa shape index (κ1) is 9.52. The van der Waals surface area contributed by atoms with Gasteiger partial charge < -0.3 is 15.0 Å². The predicted molar refractivity (Wildman–Crippen MR) is 52.8 cm³/mol. The molecule has 2 aliphatic rings. The second-order valence-corrected chi connectivity index (χ2v) is 3.75. The first-order chi connectivity index (χ1) is 6.86. The van der Waals surface area contributed by atoms with E-state index in [2.05, 4.69) is 11.4 Å². The Morgan fingerprint density at radius 3 is 2.71 bits per heavy atom. The largest absolute Gasteiger partial charge is 0.378 e. The third-order valence-corrected chi connectivity index (χ3v) is 2.50. The maximum atomic E-state index is 11.5. The van der Waals surface area contributed by atoms with Crippen LogP contribution in [0.4, 0.5) is 4.79 Å². The van der Waals surface area contributed by atoms with E-state index >= 15 is 0 Å². The third-order valence-electron chi connectivity index (χ3n) is 2.50. The number of hydrogen-bond acceptors (Lipinski definition) is 2. The Bertz CT molecular complexity index is 230. The van der Waals surface area contributed by atoms with E-state index < -0.39 is 0 Å². The fourth-order valence-corrected chi connectivity index (χ4v) is 1.40. The van der Waals surface area contributed by atoms with Crippen LogP contribution in [0.5, 0.6) is 0 Å². The van der Waals surface area contributed by atoms with Crippen molar-refractivity contribution >= 4 is 6.03 Å². The lowest BCUT2D eigenvalue weighted by Gasteiger charge is -2.26. The minimum absolute atomic E-state index is 0.00907. The average molecular weight is 196 g/mol. The van der Waals surface area contributed by atoms with Crippen LogP contribution in [-0.2, 0) is 4.74 Å². The molecule has 1 aliphatic heterocycles. The van der Waals surface area contributed by atoms with Gasteiger partial charge in [-0.2, -0.15) is 0 Å². The van der Waals surface area contributed by atoms with Crippen LogP contribution in [0.3, 0.4) is 0 Å². The van der Waals surface area contributed by atoms with Gasteiger partial charge in [-0.3, -0.25) is 0 Å². The molecule has 4 nitrogen and oxygen atoms in total. The van der Waals surface area contributed by atoms with Gasteiger partial charge in [0.05, 0.1) is 13.2 Å². The smallest absolute Gasteiger partial charge is 0.321 e. The summed E-state index contributed by atoms with van der Waals surface area (Å²) >= 11 is 0. The van der Waals surface area contributed by atoms with E-state index in [1.54, 1.807) is 11.1 Å². The molecular weight excluding hydrogens is 180 g/mol. The molecule has 0 aromatic carbocycles. The molecule has 1 N–H and O–H groups in total. The van der Waals surface area contributed by atoms with E-state index in [0.29, 0.717) is 32.2 Å². The molecule has 78 valence electrons. The molecule has 0 aromatic heterocycles. The van der Waals surface area contributed by atoms with Crippen molar-refractivity contribution in [2.24, 2.45) is 5.92 Å². The fourth-order valence-electron chi connectivity index (χ4n) is 1.40. The highest BCUT2D eigenvalue weighted by Gasteiger charge is 2.18. The quantitative estimate of drug-likeness (QED) is 0.714. The topological polar surface area (TPSA) is 41.6 Å². The standard InChI is InChI=1S/C10H16N2O2/c13-10(11-4-3-9-1-2-9)12-5-7-14-8-6-12/h3-4,9H,1-2,5-8H2,(H,11,13)/b4-3+. The highest BCUT2D eigenvalue weighted by Crippen LogP contribution is 2.29. The third kappa shape index (κ3) is 2.73. The second-order valence-electron chi connectivity index (χ2n) is 3.75. The van der Waals surface area contributed by atoms with Gasteiger partial charge in [-0.25, -0.2) is 4.79 Å². The first-order valence-corrected chi connectivity index (χ1v) is 5.16. The monoisotopic (exact) mass is 196 g/mol. The molecule has 2 fully saturated rings. The van der Waals surface area contributed by atoms with Gasteiger partial charge in [0, 0.05) is 19.3 Å². The molecule has 2 rings (SSSR count). The van der Waals surface area contributed by atoms with Crippen molar-refractivity contribution in [1.82, 2.24) is 10.2 Å². The van der Waals surface area contributed by atoms with Crippen molar-refractivity contribution in [2.75, 3.05) is 26.3 Å². The van der Waals surface area contributed by atoms with Crippen LogP contribution in [0.2, 0.25) is 0 Å². The summed E-state index contributed by atoms with van der Waals surface area (Å²) in [5, 5.41) is 2.77. The molecule has 2 amide bonds. The first-order valence-electron chi connectivity index (χ1n) is 5.16. The van der Waals surface area contributed by atoms with Crippen LogP contribution in [0.1, 0.15) is 12.8 Å². The average Bonchev–Trinajstić information content (AvgIpc) is 3.03. The Hall–Kier alpha value is -1.03. The number of carbonyl (C=O) groups excluding carboxylic acids is 1. The summed E-state index contributed by atoms with van der Waals surface area (Å²) < 4.78 is 5.16. The van der Waals surface area contributed by atoms with Crippen LogP contribution in [0.15, 0.2) is 12.3 Å². The normalized spacial score (nSPS) is 22.7. The molecule has 0 unspecified atom stereocenters. The van der Waals surface area contributed by atoms with Crippen molar-refractivity contribution in [1.29, 1.82) is 0 Å². The molecular formula is C10H16N2O2. The summed E-state index contributed by atoms with van der Waals surface area (Å²) in [6, 6.07) is -0.00907. The summed E-state index contributed by atoms with van der Waals surface area (Å²) in [6.45, 7) is 2.70. The summed E-state index contributed by atoms with van der Waals surface area (Å²) in [4.78, 5) is 13.3. The molecule has 14 heavy (non-hydrogen) atoms. The van der Waals surface area contributed by atoms with Crippen molar-refractivity contribution < 1.29 is 9.53 Å². The molecule has 1 aliphatic carbocycles. The lowest BCUT2D eigenvalue weighted by Crippen LogP contribution is -2.44. The Morgan fingerprint density at radius 2 is 2.07 bits per heavy atom. The van der Waals surface area contributed by atoms with Gasteiger partial charge in [-0.05, 0) is 18.8 Å². The van der Waals surface area contributed by atoms with Crippen LogP contribution in [-0.4, -0.2) is 37.2 Å². The number of ether oxygens (including phenoxy) is 1. The number of amides is 2. The van der Waals surface area contributed by atoms with Crippen LogP contribution >= 0.6 is 0 Å². The highest BCUT2D eigenvalue weighted by molar-refractivity contribution is 5.75. The van der Waals surface area contributed by atoms with Crippen LogP contribution in [0, 0.1) is 5.92 Å². The lowest BCUT2D eigenvalue weighted by molar-refractivity contribution is 0.0540. The summed E-state index contributed by atoms with van der Waals surface area (Å²) in [7, 11) is 0. The number of nitrogens with zero attached hydrogens (tertiary/aromatic N) is 1. The minimum Gasteiger partial charge on any atom is -0.378 e. The number of nitrogens with one attached hydrogen (secondary N) is 1. The summed E-state index contributed by atoms with van der Waals surface area (Å²) in [5.74, 6) is 0.708. The van der Waals surface area contributed by atoms with Crippen molar-refractivity contribution in [3.05, 3.63) is 12.3 Å². The fraction of sp³-hybridized carbons (Fsp3) is 0.700. The van der Waals surface area contributed by atoms with Gasteiger partial charge in [0.1, 0.15) is 0 Å². The van der Waals surface area contributed by atoms with Gasteiger partial charge >= 0.3 is 6.03 Å². The molecule has 0 radical (unpaired) electrons. The zero-order chi connectivity index (χ0) is 9.80. The van der Waals surface area contributed by atoms with Crippen LogP contribution in [0.25, 0.3) is 0 Å². The van der Waals surface area contributed by atoms with E-state index in [4.69, 9.17) is 4.74 Å². The summed E-state index contributed by atoms with van der Waals surface area (Å²) in [5.41, 5.74) is 0. The van der Waals surface area contributed by atoms with Crippen LogP contribution < -0.4 is 5.32 Å². The number of carbonyl (C=O) groups is 1.